The fourth-order valence-corrected chi connectivity index (χ4v) is 2.27. The van der Waals surface area contributed by atoms with Crippen molar-refractivity contribution in [2.75, 3.05) is 7.11 Å². The number of hydrogen-bond donors (Lipinski definition) is 0. The normalized spacial score (nSPS) is 10.6. The standard InChI is InChI=1S/C17H12FNO2/c1-21-17(20)12-6-4-11(5-7-12)13-8-9-15(18)14-3-2-10-19-16(13)14/h2-10H,1H3. The van der Waals surface area contributed by atoms with Crippen LogP contribution in [0.1, 0.15) is 10.4 Å². The van der Waals surface area contributed by atoms with Crippen molar-refractivity contribution in [3.05, 3.63) is 66.1 Å². The minimum atomic E-state index is -0.386. The number of carbonyl (C=O) groups is 1. The van der Waals surface area contributed by atoms with E-state index in [0.717, 1.165) is 11.1 Å². The maximum absolute atomic E-state index is 13.8. The van der Waals surface area contributed by atoms with Crippen LogP contribution in [0.5, 0.6) is 0 Å². The van der Waals surface area contributed by atoms with Crippen LogP contribution < -0.4 is 0 Å². The van der Waals surface area contributed by atoms with E-state index in [9.17, 15) is 9.18 Å². The third-order valence-corrected chi connectivity index (χ3v) is 3.33. The summed E-state index contributed by atoms with van der Waals surface area (Å²) in [6.45, 7) is 0. The highest BCUT2D eigenvalue weighted by molar-refractivity contribution is 5.95. The molecule has 2 aromatic carbocycles. The number of aromatic nitrogens is 1. The van der Waals surface area contributed by atoms with Gasteiger partial charge in [0.2, 0.25) is 0 Å². The van der Waals surface area contributed by atoms with Gasteiger partial charge < -0.3 is 4.74 Å². The molecule has 0 N–H and O–H groups in total. The van der Waals surface area contributed by atoms with Crippen molar-refractivity contribution in [2.45, 2.75) is 0 Å². The lowest BCUT2D eigenvalue weighted by atomic mass is 10.0. The number of methoxy groups -OCH3 is 1. The number of carbonyl (C=O) groups excluding carboxylic acids is 1. The summed E-state index contributed by atoms with van der Waals surface area (Å²) in [6.07, 6.45) is 1.63. The second-order valence-electron chi connectivity index (χ2n) is 4.56. The molecule has 0 saturated heterocycles. The molecule has 0 aliphatic rings. The SMILES string of the molecule is COC(=O)c1ccc(-c2ccc(F)c3cccnc23)cc1. The van der Waals surface area contributed by atoms with E-state index in [1.165, 1.54) is 13.2 Å². The summed E-state index contributed by atoms with van der Waals surface area (Å²) in [5, 5.41) is 0.479. The maximum atomic E-state index is 13.8. The molecule has 3 rings (SSSR count). The van der Waals surface area contributed by atoms with Crippen LogP contribution in [0, 0.1) is 5.82 Å². The zero-order valence-corrected chi connectivity index (χ0v) is 11.3. The van der Waals surface area contributed by atoms with Gasteiger partial charge in [0.25, 0.3) is 0 Å². The minimum Gasteiger partial charge on any atom is -0.465 e. The molecule has 21 heavy (non-hydrogen) atoms. The van der Waals surface area contributed by atoms with Gasteiger partial charge in [0.15, 0.2) is 0 Å². The number of pyridine rings is 1. The summed E-state index contributed by atoms with van der Waals surface area (Å²) in [6, 6.07) is 13.5. The van der Waals surface area contributed by atoms with E-state index < -0.39 is 0 Å². The Morgan fingerprint density at radius 3 is 2.57 bits per heavy atom. The molecule has 1 aromatic heterocycles. The number of ether oxygens (including phenoxy) is 1. The molecule has 0 aliphatic heterocycles. The third kappa shape index (κ3) is 2.36. The second kappa shape index (κ2) is 5.32. The van der Waals surface area contributed by atoms with Gasteiger partial charge in [-0.05, 0) is 42.0 Å². The molecule has 3 aromatic rings. The first-order valence-electron chi connectivity index (χ1n) is 6.42. The lowest BCUT2D eigenvalue weighted by Crippen LogP contribution is -2.00. The smallest absolute Gasteiger partial charge is 0.337 e. The second-order valence-corrected chi connectivity index (χ2v) is 4.56. The minimum absolute atomic E-state index is 0.298. The van der Waals surface area contributed by atoms with Gasteiger partial charge in [0, 0.05) is 17.1 Å². The maximum Gasteiger partial charge on any atom is 0.337 e. The van der Waals surface area contributed by atoms with Crippen molar-refractivity contribution in [1.29, 1.82) is 0 Å². The van der Waals surface area contributed by atoms with Gasteiger partial charge in [-0.2, -0.15) is 0 Å². The summed E-state index contributed by atoms with van der Waals surface area (Å²) in [4.78, 5) is 15.7. The Morgan fingerprint density at radius 2 is 1.86 bits per heavy atom. The molecule has 0 fully saturated rings. The molecule has 0 atom stereocenters. The molecule has 0 saturated carbocycles. The van der Waals surface area contributed by atoms with E-state index in [1.807, 2.05) is 0 Å². The van der Waals surface area contributed by atoms with Crippen LogP contribution >= 0.6 is 0 Å². The van der Waals surface area contributed by atoms with Gasteiger partial charge in [-0.15, -0.1) is 0 Å². The summed E-state index contributed by atoms with van der Waals surface area (Å²) in [7, 11) is 1.34. The zero-order valence-electron chi connectivity index (χ0n) is 11.3. The van der Waals surface area contributed by atoms with Crippen molar-refractivity contribution in [3.8, 4) is 11.1 Å². The first-order valence-corrected chi connectivity index (χ1v) is 6.42. The fraction of sp³-hybridized carbons (Fsp3) is 0.0588. The van der Waals surface area contributed by atoms with Crippen molar-refractivity contribution in [2.24, 2.45) is 0 Å². The van der Waals surface area contributed by atoms with Gasteiger partial charge in [0.1, 0.15) is 5.82 Å². The molecule has 0 unspecified atom stereocenters. The Morgan fingerprint density at radius 1 is 1.10 bits per heavy atom. The number of benzene rings is 2. The molecule has 4 heteroatoms. The molecule has 0 spiro atoms. The van der Waals surface area contributed by atoms with Crippen LogP contribution in [-0.2, 0) is 4.74 Å². The Bertz CT molecular complexity index is 813. The molecular weight excluding hydrogens is 269 g/mol. The van der Waals surface area contributed by atoms with Crippen LogP contribution in [0.4, 0.5) is 4.39 Å². The van der Waals surface area contributed by atoms with Crippen LogP contribution in [0.25, 0.3) is 22.0 Å². The molecule has 0 aliphatic carbocycles. The predicted octanol–water partition coefficient (Wildman–Crippen LogP) is 3.83. The van der Waals surface area contributed by atoms with Crippen molar-refractivity contribution in [3.63, 3.8) is 0 Å². The summed E-state index contributed by atoms with van der Waals surface area (Å²) < 4.78 is 18.5. The van der Waals surface area contributed by atoms with Gasteiger partial charge >= 0.3 is 5.97 Å². The van der Waals surface area contributed by atoms with Gasteiger partial charge in [-0.25, -0.2) is 9.18 Å². The molecule has 1 heterocycles. The van der Waals surface area contributed by atoms with E-state index in [2.05, 4.69) is 9.72 Å². The van der Waals surface area contributed by atoms with E-state index in [1.54, 1.807) is 48.7 Å². The average molecular weight is 281 g/mol. The molecular formula is C17H12FNO2. The molecule has 0 amide bonds. The van der Waals surface area contributed by atoms with E-state index >= 15 is 0 Å². The van der Waals surface area contributed by atoms with Crippen molar-refractivity contribution < 1.29 is 13.9 Å². The van der Waals surface area contributed by atoms with Gasteiger partial charge in [-0.3, -0.25) is 4.98 Å². The monoisotopic (exact) mass is 281 g/mol. The van der Waals surface area contributed by atoms with E-state index in [4.69, 9.17) is 0 Å². The summed E-state index contributed by atoms with van der Waals surface area (Å²) >= 11 is 0. The predicted molar refractivity (Wildman–Crippen MR) is 78.5 cm³/mol. The lowest BCUT2D eigenvalue weighted by molar-refractivity contribution is 0.0601. The summed E-state index contributed by atoms with van der Waals surface area (Å²) in [5.41, 5.74) is 2.76. The largest absolute Gasteiger partial charge is 0.465 e. The fourth-order valence-electron chi connectivity index (χ4n) is 2.27. The first-order chi connectivity index (χ1) is 10.2. The van der Waals surface area contributed by atoms with Crippen LogP contribution in [0.2, 0.25) is 0 Å². The number of esters is 1. The number of fused-ring (bicyclic) bond motifs is 1. The number of nitrogens with zero attached hydrogens (tertiary/aromatic N) is 1. The third-order valence-electron chi connectivity index (χ3n) is 3.33. The zero-order chi connectivity index (χ0) is 14.8. The van der Waals surface area contributed by atoms with E-state index in [-0.39, 0.29) is 11.8 Å². The quantitative estimate of drug-likeness (QED) is 0.670. The average Bonchev–Trinajstić information content (AvgIpc) is 2.55. The van der Waals surface area contributed by atoms with Crippen LogP contribution in [0.3, 0.4) is 0 Å². The van der Waals surface area contributed by atoms with Crippen molar-refractivity contribution in [1.82, 2.24) is 4.98 Å². The highest BCUT2D eigenvalue weighted by Crippen LogP contribution is 2.28. The van der Waals surface area contributed by atoms with E-state index in [0.29, 0.717) is 16.5 Å². The molecule has 0 bridgehead atoms. The Hall–Kier alpha value is -2.75. The molecule has 104 valence electrons. The molecule has 0 radical (unpaired) electrons. The Balaban J connectivity index is 2.13. The lowest BCUT2D eigenvalue weighted by Gasteiger charge is -2.07. The molecule has 3 nitrogen and oxygen atoms in total. The van der Waals surface area contributed by atoms with Crippen LogP contribution in [-0.4, -0.2) is 18.1 Å². The topological polar surface area (TPSA) is 39.2 Å². The Kier molecular flexibility index (Phi) is 3.36. The number of halogens is 1. The van der Waals surface area contributed by atoms with Gasteiger partial charge in [0.05, 0.1) is 18.2 Å². The highest BCUT2D eigenvalue weighted by atomic mass is 19.1. The number of hydrogen-bond acceptors (Lipinski definition) is 3. The number of rotatable bonds is 2. The van der Waals surface area contributed by atoms with Crippen molar-refractivity contribution >= 4 is 16.9 Å². The van der Waals surface area contributed by atoms with Crippen LogP contribution in [0.15, 0.2) is 54.7 Å². The first kappa shape index (κ1) is 13.2. The highest BCUT2D eigenvalue weighted by Gasteiger charge is 2.10. The Labute approximate surface area is 121 Å². The summed E-state index contributed by atoms with van der Waals surface area (Å²) in [5.74, 6) is -0.684. The van der Waals surface area contributed by atoms with Gasteiger partial charge in [-0.1, -0.05) is 12.1 Å².